The first-order chi connectivity index (χ1) is 8.58. The lowest BCUT2D eigenvalue weighted by Crippen LogP contribution is -2.08. The van der Waals surface area contributed by atoms with E-state index in [9.17, 15) is 14.9 Å². The summed E-state index contributed by atoms with van der Waals surface area (Å²) in [5.41, 5.74) is 0.814. The maximum absolute atomic E-state index is 11.0. The van der Waals surface area contributed by atoms with Crippen LogP contribution in [0.25, 0.3) is 5.69 Å². The average molecular weight is 245 g/mol. The third kappa shape index (κ3) is 2.37. The fourth-order valence-electron chi connectivity index (χ4n) is 1.64. The van der Waals surface area contributed by atoms with Gasteiger partial charge in [-0.1, -0.05) is 0 Å². The molecule has 2 aromatic rings. The van der Waals surface area contributed by atoms with E-state index in [2.05, 4.69) is 5.32 Å². The number of amides is 1. The molecule has 0 saturated heterocycles. The topological polar surface area (TPSA) is 77.2 Å². The number of benzene rings is 1. The summed E-state index contributed by atoms with van der Waals surface area (Å²) in [6.07, 6.45) is 3.64. The molecule has 0 aliphatic carbocycles. The fraction of sp³-hybridized carbons (Fsp3) is 0.0833. The molecule has 0 fully saturated rings. The summed E-state index contributed by atoms with van der Waals surface area (Å²) < 4.78 is 1.80. The quantitative estimate of drug-likeness (QED) is 0.666. The molecular formula is C12H11N3O3. The molecule has 6 nitrogen and oxygen atoms in total. The van der Waals surface area contributed by atoms with Crippen LogP contribution >= 0.6 is 0 Å². The summed E-state index contributed by atoms with van der Waals surface area (Å²) in [6.45, 7) is 1.31. The Morgan fingerprint density at radius 2 is 2.00 bits per heavy atom. The van der Waals surface area contributed by atoms with Gasteiger partial charge < -0.3 is 9.88 Å². The molecule has 1 aromatic heterocycles. The molecule has 18 heavy (non-hydrogen) atoms. The van der Waals surface area contributed by atoms with Crippen molar-refractivity contribution in [2.24, 2.45) is 0 Å². The summed E-state index contributed by atoms with van der Waals surface area (Å²) in [6, 6.07) is 8.27. The zero-order valence-corrected chi connectivity index (χ0v) is 9.66. The summed E-state index contributed by atoms with van der Waals surface area (Å²) in [5, 5.41) is 13.3. The van der Waals surface area contributed by atoms with Crippen molar-refractivity contribution in [3.8, 4) is 5.69 Å². The van der Waals surface area contributed by atoms with Crippen LogP contribution in [-0.2, 0) is 4.79 Å². The van der Waals surface area contributed by atoms with Crippen LogP contribution in [-0.4, -0.2) is 15.4 Å². The van der Waals surface area contributed by atoms with Crippen molar-refractivity contribution in [2.75, 3.05) is 5.32 Å². The second kappa shape index (κ2) is 4.70. The first-order valence-corrected chi connectivity index (χ1v) is 5.27. The van der Waals surface area contributed by atoms with Crippen molar-refractivity contribution < 1.29 is 9.72 Å². The van der Waals surface area contributed by atoms with Gasteiger partial charge in [0, 0.05) is 31.1 Å². The zero-order valence-electron chi connectivity index (χ0n) is 9.66. The molecule has 0 bridgehead atoms. The van der Waals surface area contributed by atoms with Crippen LogP contribution in [0.1, 0.15) is 6.92 Å². The van der Waals surface area contributed by atoms with Crippen LogP contribution < -0.4 is 5.32 Å². The molecule has 6 heteroatoms. The molecule has 0 radical (unpaired) electrons. The van der Waals surface area contributed by atoms with Gasteiger partial charge in [-0.05, 0) is 24.3 Å². The van der Waals surface area contributed by atoms with Crippen LogP contribution in [0.3, 0.4) is 0 Å². The number of hydrogen-bond acceptors (Lipinski definition) is 3. The number of aromatic nitrogens is 1. The average Bonchev–Trinajstić information content (AvgIpc) is 2.81. The molecule has 0 spiro atoms. The van der Waals surface area contributed by atoms with E-state index < -0.39 is 4.92 Å². The molecule has 0 unspecified atom stereocenters. The summed E-state index contributed by atoms with van der Waals surface area (Å²) >= 11 is 0. The van der Waals surface area contributed by atoms with Crippen molar-refractivity contribution in [2.45, 2.75) is 6.92 Å². The Balaban J connectivity index is 2.48. The minimum absolute atomic E-state index is 0.124. The van der Waals surface area contributed by atoms with E-state index in [4.69, 9.17) is 0 Å². The lowest BCUT2D eigenvalue weighted by Gasteiger charge is -2.07. The van der Waals surface area contributed by atoms with Crippen molar-refractivity contribution in [1.29, 1.82) is 0 Å². The number of nitro groups is 1. The van der Waals surface area contributed by atoms with Gasteiger partial charge >= 0.3 is 0 Å². The Kier molecular flexibility index (Phi) is 3.09. The maximum Gasteiger partial charge on any atom is 0.292 e. The normalized spacial score (nSPS) is 10.1. The lowest BCUT2D eigenvalue weighted by molar-refractivity contribution is -0.383. The van der Waals surface area contributed by atoms with Crippen LogP contribution in [0, 0.1) is 10.1 Å². The Labute approximate surface area is 103 Å². The highest BCUT2D eigenvalue weighted by atomic mass is 16.6. The van der Waals surface area contributed by atoms with Gasteiger partial charge in [0.25, 0.3) is 5.69 Å². The van der Waals surface area contributed by atoms with E-state index in [-0.39, 0.29) is 17.3 Å². The lowest BCUT2D eigenvalue weighted by atomic mass is 10.2. The van der Waals surface area contributed by atoms with E-state index in [1.807, 2.05) is 24.5 Å². The van der Waals surface area contributed by atoms with Gasteiger partial charge in [-0.25, -0.2) is 0 Å². The number of carbonyl (C=O) groups is 1. The minimum atomic E-state index is -0.523. The van der Waals surface area contributed by atoms with Gasteiger partial charge in [-0.3, -0.25) is 14.9 Å². The first kappa shape index (κ1) is 11.8. The molecule has 0 atom stereocenters. The fourth-order valence-corrected chi connectivity index (χ4v) is 1.64. The van der Waals surface area contributed by atoms with E-state index in [0.29, 0.717) is 0 Å². The summed E-state index contributed by atoms with van der Waals surface area (Å²) in [7, 11) is 0. The number of nitro benzene ring substituents is 1. The van der Waals surface area contributed by atoms with Gasteiger partial charge in [0.1, 0.15) is 5.69 Å². The van der Waals surface area contributed by atoms with E-state index in [1.165, 1.54) is 13.0 Å². The molecule has 1 N–H and O–H groups in total. The summed E-state index contributed by atoms with van der Waals surface area (Å²) in [4.78, 5) is 21.4. The zero-order chi connectivity index (χ0) is 13.1. The van der Waals surface area contributed by atoms with Crippen LogP contribution in [0.5, 0.6) is 0 Å². The standard InChI is InChI=1S/C12H11N3O3/c1-9(16)13-11-8-10(14-6-2-3-7-14)4-5-12(11)15(17)18/h2-8H,1H3,(H,13,16). The molecule has 0 saturated carbocycles. The number of nitrogens with zero attached hydrogens (tertiary/aromatic N) is 2. The maximum atomic E-state index is 11.0. The number of hydrogen-bond donors (Lipinski definition) is 1. The van der Waals surface area contributed by atoms with E-state index in [0.717, 1.165) is 5.69 Å². The number of anilines is 1. The molecule has 0 aliphatic rings. The molecule has 1 aromatic carbocycles. The highest BCUT2D eigenvalue weighted by Gasteiger charge is 2.15. The van der Waals surface area contributed by atoms with Crippen molar-refractivity contribution in [3.63, 3.8) is 0 Å². The van der Waals surface area contributed by atoms with Gasteiger partial charge in [0.2, 0.25) is 5.91 Å². The predicted molar refractivity (Wildman–Crippen MR) is 66.7 cm³/mol. The highest BCUT2D eigenvalue weighted by molar-refractivity contribution is 5.91. The Hall–Kier alpha value is -2.63. The Bertz CT molecular complexity index is 591. The third-order valence-corrected chi connectivity index (χ3v) is 2.39. The molecule has 2 rings (SSSR count). The van der Waals surface area contributed by atoms with Crippen molar-refractivity contribution >= 4 is 17.3 Å². The highest BCUT2D eigenvalue weighted by Crippen LogP contribution is 2.27. The largest absolute Gasteiger partial charge is 0.324 e. The van der Waals surface area contributed by atoms with Gasteiger partial charge in [0.05, 0.1) is 4.92 Å². The number of nitrogens with one attached hydrogen (secondary N) is 1. The Morgan fingerprint density at radius 1 is 1.33 bits per heavy atom. The molecular weight excluding hydrogens is 234 g/mol. The van der Waals surface area contributed by atoms with Crippen molar-refractivity contribution in [1.82, 2.24) is 4.57 Å². The van der Waals surface area contributed by atoms with Gasteiger partial charge in [-0.2, -0.15) is 0 Å². The number of rotatable bonds is 3. The summed E-state index contributed by atoms with van der Waals surface area (Å²) in [5.74, 6) is -0.345. The third-order valence-electron chi connectivity index (χ3n) is 2.39. The molecule has 92 valence electrons. The molecule has 1 amide bonds. The monoisotopic (exact) mass is 245 g/mol. The second-order valence-electron chi connectivity index (χ2n) is 3.73. The van der Waals surface area contributed by atoms with Gasteiger partial charge in [-0.15, -0.1) is 0 Å². The van der Waals surface area contributed by atoms with E-state index >= 15 is 0 Å². The predicted octanol–water partition coefficient (Wildman–Crippen LogP) is 2.34. The Morgan fingerprint density at radius 3 is 2.56 bits per heavy atom. The van der Waals surface area contributed by atoms with Gasteiger partial charge in [0.15, 0.2) is 0 Å². The smallest absolute Gasteiger partial charge is 0.292 e. The van der Waals surface area contributed by atoms with E-state index in [1.54, 1.807) is 16.7 Å². The van der Waals surface area contributed by atoms with Crippen LogP contribution in [0.15, 0.2) is 42.7 Å². The van der Waals surface area contributed by atoms with Crippen LogP contribution in [0.4, 0.5) is 11.4 Å². The molecule has 0 aliphatic heterocycles. The molecule has 1 heterocycles. The minimum Gasteiger partial charge on any atom is -0.324 e. The number of carbonyl (C=O) groups excluding carboxylic acids is 1. The van der Waals surface area contributed by atoms with Crippen molar-refractivity contribution in [3.05, 3.63) is 52.8 Å². The second-order valence-corrected chi connectivity index (χ2v) is 3.73. The van der Waals surface area contributed by atoms with Crippen LogP contribution in [0.2, 0.25) is 0 Å². The first-order valence-electron chi connectivity index (χ1n) is 5.27. The SMILES string of the molecule is CC(=O)Nc1cc(-n2cccc2)ccc1[N+](=O)[O-].